The molecule has 0 saturated carbocycles. The minimum Gasteiger partial charge on any atom is -0.459 e. The van der Waals surface area contributed by atoms with Gasteiger partial charge < -0.3 is 9.64 Å². The van der Waals surface area contributed by atoms with Crippen LogP contribution in [0.15, 0.2) is 43.1 Å². The zero-order valence-corrected chi connectivity index (χ0v) is 15.8. The summed E-state index contributed by atoms with van der Waals surface area (Å²) in [5.41, 5.74) is 1.23. The second kappa shape index (κ2) is 7.31. The van der Waals surface area contributed by atoms with Crippen molar-refractivity contribution < 1.29 is 14.3 Å². The number of hydrogen-bond acceptors (Lipinski definition) is 4. The number of ether oxygens (including phenoxy) is 1. The van der Waals surface area contributed by atoms with Crippen LogP contribution in [0, 0.1) is 0 Å². The first-order valence-electron chi connectivity index (χ1n) is 9.75. The number of benzene rings is 1. The van der Waals surface area contributed by atoms with Crippen LogP contribution in [0.25, 0.3) is 10.9 Å². The van der Waals surface area contributed by atoms with E-state index in [1.54, 1.807) is 16.8 Å². The van der Waals surface area contributed by atoms with Crippen molar-refractivity contribution in [3.05, 3.63) is 48.7 Å². The number of hydrogen-bond donors (Lipinski definition) is 0. The molecule has 4 rings (SSSR count). The molecule has 3 heterocycles. The standard InChI is InChI=1S/C22H26N2O3/c1-3-4-9-21(25)24-14-19(18-7-5-6-8-20(18)24)22(26)27-17-12-15-10-11-16(13-17)23(15)2/h3,5-8,14-17H,1,4,9-13H2,2H3. The Hall–Kier alpha value is -2.40. The van der Waals surface area contributed by atoms with E-state index in [-0.39, 0.29) is 18.0 Å². The molecule has 27 heavy (non-hydrogen) atoms. The van der Waals surface area contributed by atoms with E-state index in [2.05, 4.69) is 18.5 Å². The third kappa shape index (κ3) is 3.32. The Bertz CT molecular complexity index is 871. The highest BCUT2D eigenvalue weighted by Crippen LogP contribution is 2.36. The highest BCUT2D eigenvalue weighted by atomic mass is 16.5. The van der Waals surface area contributed by atoms with E-state index in [1.807, 2.05) is 24.3 Å². The van der Waals surface area contributed by atoms with Gasteiger partial charge in [0.25, 0.3) is 0 Å². The van der Waals surface area contributed by atoms with Gasteiger partial charge in [0.2, 0.25) is 5.91 Å². The Morgan fingerprint density at radius 2 is 1.93 bits per heavy atom. The van der Waals surface area contributed by atoms with Crippen molar-refractivity contribution in [1.29, 1.82) is 0 Å². The molecule has 5 nitrogen and oxygen atoms in total. The Kier molecular flexibility index (Phi) is 4.87. The molecule has 2 atom stereocenters. The Morgan fingerprint density at radius 3 is 2.63 bits per heavy atom. The van der Waals surface area contributed by atoms with E-state index in [4.69, 9.17) is 4.74 Å². The molecule has 0 amide bonds. The lowest BCUT2D eigenvalue weighted by atomic mass is 10.0. The molecule has 2 fully saturated rings. The van der Waals surface area contributed by atoms with Gasteiger partial charge in [-0.2, -0.15) is 0 Å². The van der Waals surface area contributed by atoms with Crippen LogP contribution in [-0.2, 0) is 4.74 Å². The van der Waals surface area contributed by atoms with Crippen LogP contribution in [0.5, 0.6) is 0 Å². The number of allylic oxidation sites excluding steroid dienone is 1. The molecule has 0 N–H and O–H groups in total. The van der Waals surface area contributed by atoms with Crippen LogP contribution in [0.4, 0.5) is 0 Å². The minimum atomic E-state index is -0.324. The number of esters is 1. The van der Waals surface area contributed by atoms with Crippen molar-refractivity contribution in [3.8, 4) is 0 Å². The van der Waals surface area contributed by atoms with Crippen molar-refractivity contribution in [3.63, 3.8) is 0 Å². The minimum absolute atomic E-state index is 0.0372. The van der Waals surface area contributed by atoms with E-state index in [1.165, 1.54) is 12.8 Å². The van der Waals surface area contributed by atoms with Crippen LogP contribution in [0.1, 0.15) is 53.7 Å². The molecule has 5 heteroatoms. The molecule has 2 aliphatic heterocycles. The SMILES string of the molecule is C=CCCC(=O)n1cc(C(=O)OC2CC3CCC(C2)N3C)c2ccccc21. The summed E-state index contributed by atoms with van der Waals surface area (Å²) in [6.07, 6.45) is 8.49. The zero-order valence-electron chi connectivity index (χ0n) is 15.8. The molecule has 2 bridgehead atoms. The molecule has 2 aromatic rings. The topological polar surface area (TPSA) is 51.5 Å². The summed E-state index contributed by atoms with van der Waals surface area (Å²) in [6, 6.07) is 8.54. The normalized spacial score (nSPS) is 24.9. The number of carbonyl (C=O) groups excluding carboxylic acids is 2. The van der Waals surface area contributed by atoms with E-state index >= 15 is 0 Å². The van der Waals surface area contributed by atoms with Crippen LogP contribution in [0.3, 0.4) is 0 Å². The second-order valence-electron chi connectivity index (χ2n) is 7.70. The predicted molar refractivity (Wildman–Crippen MR) is 105 cm³/mol. The summed E-state index contributed by atoms with van der Waals surface area (Å²) in [7, 11) is 2.17. The molecular formula is C22H26N2O3. The van der Waals surface area contributed by atoms with E-state index in [9.17, 15) is 9.59 Å². The van der Waals surface area contributed by atoms with Gasteiger partial charge in [0.05, 0.1) is 11.1 Å². The fourth-order valence-corrected chi connectivity index (χ4v) is 4.57. The Labute approximate surface area is 159 Å². The molecule has 0 aliphatic carbocycles. The molecule has 142 valence electrons. The van der Waals surface area contributed by atoms with Gasteiger partial charge in [0.15, 0.2) is 0 Å². The first-order chi connectivity index (χ1) is 13.1. The number of carbonyl (C=O) groups is 2. The van der Waals surface area contributed by atoms with Gasteiger partial charge in [-0.15, -0.1) is 6.58 Å². The predicted octanol–water partition coefficient (Wildman–Crippen LogP) is 4.03. The first kappa shape index (κ1) is 18.0. The first-order valence-corrected chi connectivity index (χ1v) is 9.75. The lowest BCUT2D eigenvalue weighted by molar-refractivity contribution is -0.000268. The summed E-state index contributed by atoms with van der Waals surface area (Å²) in [5, 5.41) is 0.769. The van der Waals surface area contributed by atoms with Gasteiger partial charge in [-0.05, 0) is 32.4 Å². The molecular weight excluding hydrogens is 340 g/mol. The molecule has 0 spiro atoms. The fraction of sp³-hybridized carbons (Fsp3) is 0.455. The molecule has 2 saturated heterocycles. The molecule has 2 aliphatic rings. The zero-order chi connectivity index (χ0) is 19.0. The summed E-state index contributed by atoms with van der Waals surface area (Å²) >= 11 is 0. The van der Waals surface area contributed by atoms with Crippen molar-refractivity contribution in [1.82, 2.24) is 9.47 Å². The number of rotatable bonds is 5. The van der Waals surface area contributed by atoms with Crippen molar-refractivity contribution in [2.45, 2.75) is 56.7 Å². The van der Waals surface area contributed by atoms with E-state index in [0.29, 0.717) is 30.5 Å². The summed E-state index contributed by atoms with van der Waals surface area (Å²) in [5.74, 6) is -0.363. The van der Waals surface area contributed by atoms with E-state index in [0.717, 1.165) is 23.7 Å². The maximum atomic E-state index is 12.9. The smallest absolute Gasteiger partial charge is 0.340 e. The molecule has 0 radical (unpaired) electrons. The van der Waals surface area contributed by atoms with Gasteiger partial charge >= 0.3 is 5.97 Å². The third-order valence-electron chi connectivity index (χ3n) is 6.09. The Morgan fingerprint density at radius 1 is 1.22 bits per heavy atom. The fourth-order valence-electron chi connectivity index (χ4n) is 4.57. The number of nitrogens with zero attached hydrogens (tertiary/aromatic N) is 2. The highest BCUT2D eigenvalue weighted by Gasteiger charge is 2.40. The van der Waals surface area contributed by atoms with Crippen molar-refractivity contribution in [2.75, 3.05) is 7.05 Å². The average Bonchev–Trinajstić information content (AvgIpc) is 3.13. The molecule has 1 aromatic heterocycles. The second-order valence-corrected chi connectivity index (χ2v) is 7.70. The molecule has 2 unspecified atom stereocenters. The van der Waals surface area contributed by atoms with E-state index < -0.39 is 0 Å². The quantitative estimate of drug-likeness (QED) is 0.592. The van der Waals surface area contributed by atoms with Gasteiger partial charge in [-0.3, -0.25) is 9.36 Å². The van der Waals surface area contributed by atoms with Crippen molar-refractivity contribution >= 4 is 22.8 Å². The van der Waals surface area contributed by atoms with Crippen LogP contribution in [-0.4, -0.2) is 46.6 Å². The summed E-state index contributed by atoms with van der Waals surface area (Å²) < 4.78 is 7.46. The van der Waals surface area contributed by atoms with Crippen LogP contribution < -0.4 is 0 Å². The number of fused-ring (bicyclic) bond motifs is 3. The number of aromatic nitrogens is 1. The van der Waals surface area contributed by atoms with Crippen LogP contribution >= 0.6 is 0 Å². The third-order valence-corrected chi connectivity index (χ3v) is 6.09. The lowest BCUT2D eigenvalue weighted by Gasteiger charge is -2.35. The van der Waals surface area contributed by atoms with Crippen molar-refractivity contribution in [2.24, 2.45) is 0 Å². The Balaban J connectivity index is 1.57. The largest absolute Gasteiger partial charge is 0.459 e. The van der Waals surface area contributed by atoms with Gasteiger partial charge in [0.1, 0.15) is 6.10 Å². The average molecular weight is 366 g/mol. The highest BCUT2D eigenvalue weighted by molar-refractivity contribution is 6.07. The number of piperidine rings is 1. The van der Waals surface area contributed by atoms with Gasteiger partial charge in [-0.1, -0.05) is 24.3 Å². The summed E-state index contributed by atoms with van der Waals surface area (Å²) in [4.78, 5) is 27.9. The maximum absolute atomic E-state index is 12.9. The molecule has 1 aromatic carbocycles. The maximum Gasteiger partial charge on any atom is 0.340 e. The van der Waals surface area contributed by atoms with Gasteiger partial charge in [-0.25, -0.2) is 4.79 Å². The van der Waals surface area contributed by atoms with Gasteiger partial charge in [0, 0.05) is 42.9 Å². The number of para-hydroxylation sites is 1. The lowest BCUT2D eigenvalue weighted by Crippen LogP contribution is -2.43. The van der Waals surface area contributed by atoms with Crippen LogP contribution in [0.2, 0.25) is 0 Å². The monoisotopic (exact) mass is 366 g/mol. The summed E-state index contributed by atoms with van der Waals surface area (Å²) in [6.45, 7) is 3.67.